The summed E-state index contributed by atoms with van der Waals surface area (Å²) in [5.74, 6) is -1.34. The molecule has 0 aliphatic carbocycles. The monoisotopic (exact) mass is 245 g/mol. The summed E-state index contributed by atoms with van der Waals surface area (Å²) in [6.07, 6.45) is -0.645. The van der Waals surface area contributed by atoms with Gasteiger partial charge in [-0.15, -0.1) is 0 Å². The molecule has 17 heavy (non-hydrogen) atoms. The SMILES string of the molecule is CN(C)C1CCN(C(=O)NCC(O)C(=O)O)C1. The Morgan fingerprint density at radius 1 is 1.53 bits per heavy atom. The summed E-state index contributed by atoms with van der Waals surface area (Å²) in [4.78, 5) is 25.7. The van der Waals surface area contributed by atoms with Crippen molar-refractivity contribution in [3.05, 3.63) is 0 Å². The normalized spacial score (nSPS) is 21.6. The second-order valence-electron chi connectivity index (χ2n) is 4.39. The Hall–Kier alpha value is -1.34. The molecule has 0 aromatic heterocycles. The van der Waals surface area contributed by atoms with Crippen LogP contribution >= 0.6 is 0 Å². The Morgan fingerprint density at radius 2 is 2.18 bits per heavy atom. The predicted molar refractivity (Wildman–Crippen MR) is 60.7 cm³/mol. The number of hydrogen-bond acceptors (Lipinski definition) is 4. The zero-order valence-corrected chi connectivity index (χ0v) is 10.1. The van der Waals surface area contributed by atoms with Crippen LogP contribution in [-0.2, 0) is 4.79 Å². The van der Waals surface area contributed by atoms with Crippen molar-refractivity contribution in [2.75, 3.05) is 33.7 Å². The van der Waals surface area contributed by atoms with Crippen LogP contribution < -0.4 is 5.32 Å². The molecule has 7 nitrogen and oxygen atoms in total. The largest absolute Gasteiger partial charge is 0.479 e. The van der Waals surface area contributed by atoms with E-state index in [2.05, 4.69) is 10.2 Å². The summed E-state index contributed by atoms with van der Waals surface area (Å²) in [6, 6.07) is 0.0137. The van der Waals surface area contributed by atoms with Crippen LogP contribution in [0.15, 0.2) is 0 Å². The number of urea groups is 1. The van der Waals surface area contributed by atoms with Gasteiger partial charge in [-0.25, -0.2) is 9.59 Å². The molecule has 0 spiro atoms. The highest BCUT2D eigenvalue weighted by Crippen LogP contribution is 2.12. The van der Waals surface area contributed by atoms with Gasteiger partial charge in [0.05, 0.1) is 6.54 Å². The number of amides is 2. The highest BCUT2D eigenvalue weighted by atomic mass is 16.4. The minimum absolute atomic E-state index is 0.267. The lowest BCUT2D eigenvalue weighted by Crippen LogP contribution is -2.44. The molecule has 1 saturated heterocycles. The molecule has 2 unspecified atom stereocenters. The van der Waals surface area contributed by atoms with Crippen LogP contribution in [0, 0.1) is 0 Å². The van der Waals surface area contributed by atoms with Gasteiger partial charge in [-0.2, -0.15) is 0 Å². The van der Waals surface area contributed by atoms with Crippen molar-refractivity contribution >= 4 is 12.0 Å². The van der Waals surface area contributed by atoms with Crippen LogP contribution in [0.2, 0.25) is 0 Å². The number of rotatable bonds is 4. The highest BCUT2D eigenvalue weighted by Gasteiger charge is 2.27. The van der Waals surface area contributed by atoms with Crippen molar-refractivity contribution in [2.45, 2.75) is 18.6 Å². The number of aliphatic carboxylic acids is 1. The Balaban J connectivity index is 2.32. The van der Waals surface area contributed by atoms with Crippen LogP contribution in [0.25, 0.3) is 0 Å². The van der Waals surface area contributed by atoms with Gasteiger partial charge >= 0.3 is 12.0 Å². The maximum atomic E-state index is 11.6. The number of nitrogens with one attached hydrogen (secondary N) is 1. The van der Waals surface area contributed by atoms with E-state index in [0.29, 0.717) is 19.1 Å². The van der Waals surface area contributed by atoms with Crippen molar-refractivity contribution in [2.24, 2.45) is 0 Å². The van der Waals surface area contributed by atoms with E-state index in [0.717, 1.165) is 6.42 Å². The lowest BCUT2D eigenvalue weighted by Gasteiger charge is -2.21. The Kier molecular flexibility index (Phi) is 4.71. The van der Waals surface area contributed by atoms with Gasteiger partial charge in [0.2, 0.25) is 0 Å². The Morgan fingerprint density at radius 3 is 2.65 bits per heavy atom. The van der Waals surface area contributed by atoms with Gasteiger partial charge in [0.15, 0.2) is 6.10 Å². The average Bonchev–Trinajstić information content (AvgIpc) is 2.74. The second-order valence-corrected chi connectivity index (χ2v) is 4.39. The van der Waals surface area contributed by atoms with Crippen molar-refractivity contribution in [1.82, 2.24) is 15.1 Å². The molecule has 1 rings (SSSR count). The molecular weight excluding hydrogens is 226 g/mol. The molecule has 1 aliphatic heterocycles. The molecule has 0 aromatic rings. The van der Waals surface area contributed by atoms with Gasteiger partial charge in [-0.3, -0.25) is 0 Å². The Bertz CT molecular complexity index is 295. The summed E-state index contributed by atoms with van der Waals surface area (Å²) in [5.41, 5.74) is 0. The third kappa shape index (κ3) is 3.86. The topological polar surface area (TPSA) is 93.1 Å². The second kappa shape index (κ2) is 5.83. The number of likely N-dealkylation sites (N-methyl/N-ethyl adjacent to an activating group) is 1. The number of nitrogens with zero attached hydrogens (tertiary/aromatic N) is 2. The molecule has 1 aliphatic rings. The first kappa shape index (κ1) is 13.7. The van der Waals surface area contributed by atoms with E-state index in [1.165, 1.54) is 0 Å². The molecule has 7 heteroatoms. The molecule has 2 amide bonds. The predicted octanol–water partition coefficient (Wildman–Crippen LogP) is -1.22. The van der Waals surface area contributed by atoms with Gasteiger partial charge in [-0.1, -0.05) is 0 Å². The van der Waals surface area contributed by atoms with E-state index in [-0.39, 0.29) is 12.6 Å². The van der Waals surface area contributed by atoms with Crippen LogP contribution in [0.5, 0.6) is 0 Å². The standard InChI is InChI=1S/C10H19N3O4/c1-12(2)7-3-4-13(6-7)10(17)11-5-8(14)9(15)16/h7-8,14H,3-6H2,1-2H3,(H,11,17)(H,15,16). The molecule has 0 radical (unpaired) electrons. The van der Waals surface area contributed by atoms with Crippen LogP contribution in [0.1, 0.15) is 6.42 Å². The number of likely N-dealkylation sites (tertiary alicyclic amines) is 1. The van der Waals surface area contributed by atoms with Gasteiger partial charge in [0, 0.05) is 19.1 Å². The molecule has 0 aromatic carbocycles. The molecule has 3 N–H and O–H groups in total. The number of carbonyl (C=O) groups excluding carboxylic acids is 1. The molecule has 0 bridgehead atoms. The summed E-state index contributed by atoms with van der Waals surface area (Å²) in [6.45, 7) is 1.01. The first-order valence-electron chi connectivity index (χ1n) is 5.52. The summed E-state index contributed by atoms with van der Waals surface area (Å²) < 4.78 is 0. The maximum absolute atomic E-state index is 11.6. The van der Waals surface area contributed by atoms with E-state index >= 15 is 0 Å². The van der Waals surface area contributed by atoms with Crippen molar-refractivity contribution in [1.29, 1.82) is 0 Å². The number of aliphatic hydroxyl groups is 1. The van der Waals surface area contributed by atoms with Crippen molar-refractivity contribution < 1.29 is 19.8 Å². The quantitative estimate of drug-likeness (QED) is 0.577. The fourth-order valence-electron chi connectivity index (χ4n) is 1.73. The molecule has 98 valence electrons. The summed E-state index contributed by atoms with van der Waals surface area (Å²) in [5, 5.41) is 19.9. The summed E-state index contributed by atoms with van der Waals surface area (Å²) in [7, 11) is 3.92. The number of aliphatic hydroxyl groups excluding tert-OH is 1. The zero-order valence-electron chi connectivity index (χ0n) is 10.1. The smallest absolute Gasteiger partial charge is 0.334 e. The first-order valence-corrected chi connectivity index (χ1v) is 5.52. The molecule has 1 heterocycles. The van der Waals surface area contributed by atoms with Gasteiger partial charge in [0.25, 0.3) is 0 Å². The van der Waals surface area contributed by atoms with E-state index in [1.54, 1.807) is 4.90 Å². The molecule has 1 fully saturated rings. The first-order chi connectivity index (χ1) is 7.91. The highest BCUT2D eigenvalue weighted by molar-refractivity contribution is 5.77. The van der Waals surface area contributed by atoms with E-state index in [9.17, 15) is 9.59 Å². The molecule has 0 saturated carbocycles. The van der Waals surface area contributed by atoms with Crippen molar-refractivity contribution in [3.8, 4) is 0 Å². The fourth-order valence-corrected chi connectivity index (χ4v) is 1.73. The minimum atomic E-state index is -1.55. The summed E-state index contributed by atoms with van der Waals surface area (Å²) >= 11 is 0. The fraction of sp³-hybridized carbons (Fsp3) is 0.800. The average molecular weight is 245 g/mol. The van der Waals surface area contributed by atoms with Gasteiger partial charge < -0.3 is 25.3 Å². The van der Waals surface area contributed by atoms with E-state index < -0.39 is 12.1 Å². The lowest BCUT2D eigenvalue weighted by atomic mass is 10.2. The number of carboxylic acid groups (broad SMARTS) is 1. The molecular formula is C10H19N3O4. The zero-order chi connectivity index (χ0) is 13.0. The van der Waals surface area contributed by atoms with Crippen LogP contribution in [-0.4, -0.2) is 77.9 Å². The number of carboxylic acids is 1. The third-order valence-electron chi connectivity index (χ3n) is 2.91. The van der Waals surface area contributed by atoms with E-state index in [1.807, 2.05) is 14.1 Å². The maximum Gasteiger partial charge on any atom is 0.334 e. The number of carbonyl (C=O) groups is 2. The van der Waals surface area contributed by atoms with Crippen LogP contribution in [0.3, 0.4) is 0 Å². The van der Waals surface area contributed by atoms with Crippen LogP contribution in [0.4, 0.5) is 4.79 Å². The van der Waals surface area contributed by atoms with E-state index in [4.69, 9.17) is 10.2 Å². The van der Waals surface area contributed by atoms with Gasteiger partial charge in [-0.05, 0) is 20.5 Å². The number of hydrogen-bond donors (Lipinski definition) is 3. The van der Waals surface area contributed by atoms with Crippen molar-refractivity contribution in [3.63, 3.8) is 0 Å². The minimum Gasteiger partial charge on any atom is -0.479 e. The van der Waals surface area contributed by atoms with Gasteiger partial charge in [0.1, 0.15) is 0 Å². The lowest BCUT2D eigenvalue weighted by molar-refractivity contribution is -0.146. The molecule has 2 atom stereocenters. The Labute approximate surface area is 100.0 Å². The third-order valence-corrected chi connectivity index (χ3v) is 2.91.